The highest BCUT2D eigenvalue weighted by atomic mass is 35.5. The van der Waals surface area contributed by atoms with Gasteiger partial charge in [-0.2, -0.15) is 0 Å². The van der Waals surface area contributed by atoms with E-state index in [0.29, 0.717) is 28.0 Å². The van der Waals surface area contributed by atoms with Crippen molar-refractivity contribution in [1.82, 2.24) is 10.3 Å². The zero-order valence-corrected chi connectivity index (χ0v) is 23.6. The molecule has 3 aromatic heterocycles. The number of hydrogen-bond donors (Lipinski definition) is 1. The molecule has 0 aliphatic carbocycles. The quantitative estimate of drug-likeness (QED) is 0.267. The predicted molar refractivity (Wildman–Crippen MR) is 143 cm³/mol. The molecule has 3 heterocycles. The Morgan fingerprint density at radius 2 is 1.89 bits per heavy atom. The third kappa shape index (κ3) is 7.69. The monoisotopic (exact) mass is 549 g/mol. The molecule has 37 heavy (non-hydrogen) atoms. The van der Waals surface area contributed by atoms with Crippen molar-refractivity contribution >= 4 is 57.3 Å². The number of carbonyl (C=O) groups excluding carboxylic acids is 3. The van der Waals surface area contributed by atoms with Gasteiger partial charge in [-0.15, -0.1) is 11.3 Å². The topological polar surface area (TPSA) is 111 Å². The first-order chi connectivity index (χ1) is 17.2. The lowest BCUT2D eigenvalue weighted by Gasteiger charge is -2.27. The number of nitrogens with one attached hydrogen (secondary N) is 1. The molecule has 200 valence electrons. The molecule has 0 saturated carbocycles. The summed E-state index contributed by atoms with van der Waals surface area (Å²) < 4.78 is 17.1. The van der Waals surface area contributed by atoms with Gasteiger partial charge < -0.3 is 24.0 Å². The summed E-state index contributed by atoms with van der Waals surface area (Å²) in [5.74, 6) is 0.558. The fraction of sp³-hybridized carbons (Fsp3) is 0.462. The maximum Gasteiger partial charge on any atom is 0.415 e. The van der Waals surface area contributed by atoms with E-state index in [4.69, 9.17) is 25.5 Å². The molecule has 0 saturated heterocycles. The number of pyridine rings is 1. The van der Waals surface area contributed by atoms with Crippen LogP contribution in [-0.4, -0.2) is 40.7 Å². The van der Waals surface area contributed by atoms with Gasteiger partial charge >= 0.3 is 12.2 Å². The molecule has 0 aromatic carbocycles. The Morgan fingerprint density at radius 1 is 1.22 bits per heavy atom. The number of aromatic nitrogens is 1. The van der Waals surface area contributed by atoms with Crippen LogP contribution in [0.3, 0.4) is 0 Å². The lowest BCUT2D eigenvalue weighted by molar-refractivity contribution is -0.109. The first-order valence-electron chi connectivity index (χ1n) is 11.7. The molecule has 0 radical (unpaired) electrons. The second kappa shape index (κ2) is 11.1. The van der Waals surface area contributed by atoms with Gasteiger partial charge in [0.05, 0.1) is 34.8 Å². The molecule has 1 N–H and O–H groups in total. The fourth-order valence-corrected chi connectivity index (χ4v) is 5.00. The van der Waals surface area contributed by atoms with E-state index in [-0.39, 0.29) is 18.1 Å². The number of alkyl carbamates (subject to hydrolysis) is 1. The molecule has 0 spiro atoms. The van der Waals surface area contributed by atoms with Crippen LogP contribution in [0.25, 0.3) is 10.2 Å². The summed E-state index contributed by atoms with van der Waals surface area (Å²) in [6, 6.07) is 4.29. The van der Waals surface area contributed by atoms with E-state index < -0.39 is 29.4 Å². The van der Waals surface area contributed by atoms with Gasteiger partial charge in [-0.1, -0.05) is 11.6 Å². The highest BCUT2D eigenvalue weighted by Gasteiger charge is 2.29. The Hall–Kier alpha value is -3.11. The summed E-state index contributed by atoms with van der Waals surface area (Å²) in [6.07, 6.45) is 1.16. The summed E-state index contributed by atoms with van der Waals surface area (Å²) in [4.78, 5) is 44.0. The number of ether oxygens (including phenoxy) is 2. The highest BCUT2D eigenvalue weighted by molar-refractivity contribution is 7.20. The third-order valence-corrected chi connectivity index (χ3v) is 6.51. The van der Waals surface area contributed by atoms with Gasteiger partial charge in [-0.05, 0) is 66.2 Å². The van der Waals surface area contributed by atoms with E-state index in [2.05, 4.69) is 10.3 Å². The molecule has 11 heteroatoms. The summed E-state index contributed by atoms with van der Waals surface area (Å²) in [7, 11) is 0. The molecule has 1 atom stereocenters. The first kappa shape index (κ1) is 28.5. The molecule has 3 aromatic rings. The lowest BCUT2D eigenvalue weighted by Crippen LogP contribution is -2.41. The van der Waals surface area contributed by atoms with Crippen LogP contribution >= 0.6 is 22.9 Å². The van der Waals surface area contributed by atoms with Crippen molar-refractivity contribution < 1.29 is 28.3 Å². The number of fused-ring (bicyclic) bond motifs is 1. The van der Waals surface area contributed by atoms with E-state index >= 15 is 0 Å². The van der Waals surface area contributed by atoms with Crippen molar-refractivity contribution in [2.45, 2.75) is 78.7 Å². The SMILES string of the molecule is Cc1c(C[C@H](C=O)NC(=O)OC(C)(C)C)sc2c(N(Cc3ccco3)C(=O)OC(C)(C)C)cc(Cl)nc12. The molecule has 0 unspecified atom stereocenters. The Balaban J connectivity index is 2.01. The summed E-state index contributed by atoms with van der Waals surface area (Å²) >= 11 is 7.76. The number of anilines is 1. The number of aldehydes is 1. The fourth-order valence-electron chi connectivity index (χ4n) is 3.49. The van der Waals surface area contributed by atoms with Gasteiger partial charge in [0.2, 0.25) is 0 Å². The number of aryl methyl sites for hydroxylation is 1. The van der Waals surface area contributed by atoms with Gasteiger partial charge in [0.1, 0.15) is 28.4 Å². The molecular weight excluding hydrogens is 518 g/mol. The number of thiophene rings is 1. The second-order valence-electron chi connectivity index (χ2n) is 10.5. The number of nitrogens with zero attached hydrogens (tertiary/aromatic N) is 2. The normalized spacial score (nSPS) is 12.8. The van der Waals surface area contributed by atoms with E-state index in [9.17, 15) is 14.4 Å². The Bertz CT molecular complexity index is 1270. The standard InChI is InChI=1S/C26H32ClN3O6S/c1-15-19(11-16(14-31)28-23(32)35-25(2,3)4)37-22-18(12-20(27)29-21(15)22)30(13-17-9-8-10-34-17)24(33)36-26(5,6)7/h8-10,12,14,16H,11,13H2,1-7H3,(H,28,32)/t16-/m1/s1. The smallest absolute Gasteiger partial charge is 0.415 e. The average Bonchev–Trinajstić information content (AvgIpc) is 3.37. The molecule has 9 nitrogen and oxygen atoms in total. The van der Waals surface area contributed by atoms with Gasteiger partial charge in [0.25, 0.3) is 0 Å². The van der Waals surface area contributed by atoms with E-state index in [1.165, 1.54) is 22.5 Å². The van der Waals surface area contributed by atoms with Crippen molar-refractivity contribution in [3.05, 3.63) is 45.8 Å². The third-order valence-electron chi connectivity index (χ3n) is 4.99. The first-order valence-corrected chi connectivity index (χ1v) is 12.9. The van der Waals surface area contributed by atoms with Crippen molar-refractivity contribution in [3.63, 3.8) is 0 Å². The molecule has 0 aliphatic rings. The highest BCUT2D eigenvalue weighted by Crippen LogP contribution is 2.39. The number of halogens is 1. The molecule has 0 fully saturated rings. The van der Waals surface area contributed by atoms with Crippen molar-refractivity contribution in [2.75, 3.05) is 4.90 Å². The number of carbonyl (C=O) groups is 3. The molecule has 0 aliphatic heterocycles. The summed E-state index contributed by atoms with van der Waals surface area (Å²) in [5.41, 5.74) is 0.471. The Kier molecular flexibility index (Phi) is 8.54. The van der Waals surface area contributed by atoms with E-state index in [0.717, 1.165) is 10.4 Å². The van der Waals surface area contributed by atoms with Crippen LogP contribution in [0.4, 0.5) is 15.3 Å². The van der Waals surface area contributed by atoms with Gasteiger partial charge in [0.15, 0.2) is 0 Å². The van der Waals surface area contributed by atoms with Crippen LogP contribution in [-0.2, 0) is 27.2 Å². The maximum absolute atomic E-state index is 13.3. The van der Waals surface area contributed by atoms with Gasteiger partial charge in [-0.3, -0.25) is 4.90 Å². The number of furan rings is 1. The number of rotatable bonds is 7. The minimum Gasteiger partial charge on any atom is -0.467 e. The van der Waals surface area contributed by atoms with Gasteiger partial charge in [-0.25, -0.2) is 14.6 Å². The van der Waals surface area contributed by atoms with Crippen molar-refractivity contribution in [2.24, 2.45) is 0 Å². The minimum absolute atomic E-state index is 0.112. The van der Waals surface area contributed by atoms with Gasteiger partial charge in [0, 0.05) is 17.4 Å². The largest absolute Gasteiger partial charge is 0.467 e. The lowest BCUT2D eigenvalue weighted by atomic mass is 10.1. The predicted octanol–water partition coefficient (Wildman–Crippen LogP) is 6.43. The molecule has 3 rings (SSSR count). The van der Waals surface area contributed by atoms with Crippen LogP contribution < -0.4 is 10.2 Å². The summed E-state index contributed by atoms with van der Waals surface area (Å²) in [5, 5.41) is 2.80. The van der Waals surface area contributed by atoms with Crippen LogP contribution in [0.1, 0.15) is 57.7 Å². The van der Waals surface area contributed by atoms with E-state index in [1.807, 2.05) is 6.92 Å². The van der Waals surface area contributed by atoms with Crippen LogP contribution in [0.5, 0.6) is 0 Å². The molecular formula is C26H32ClN3O6S. The summed E-state index contributed by atoms with van der Waals surface area (Å²) in [6.45, 7) is 12.6. The molecule has 2 amide bonds. The maximum atomic E-state index is 13.3. The van der Waals surface area contributed by atoms with Crippen LogP contribution in [0, 0.1) is 6.92 Å². The Labute approximate surface area is 225 Å². The average molecular weight is 550 g/mol. The van der Waals surface area contributed by atoms with Crippen molar-refractivity contribution in [3.8, 4) is 0 Å². The van der Waals surface area contributed by atoms with Crippen LogP contribution in [0.2, 0.25) is 5.15 Å². The second-order valence-corrected chi connectivity index (χ2v) is 12.0. The zero-order chi connectivity index (χ0) is 27.5. The zero-order valence-electron chi connectivity index (χ0n) is 22.0. The van der Waals surface area contributed by atoms with E-state index in [1.54, 1.807) is 59.7 Å². The number of hydrogen-bond acceptors (Lipinski definition) is 8. The minimum atomic E-state index is -0.814. The Morgan fingerprint density at radius 3 is 2.46 bits per heavy atom. The van der Waals surface area contributed by atoms with Crippen LogP contribution in [0.15, 0.2) is 28.9 Å². The molecule has 0 bridgehead atoms. The number of amides is 2. The van der Waals surface area contributed by atoms with Crippen molar-refractivity contribution in [1.29, 1.82) is 0 Å².